The summed E-state index contributed by atoms with van der Waals surface area (Å²) in [5.41, 5.74) is 5.56. The number of hydrogen-bond acceptors (Lipinski definition) is 8. The number of carbonyl (C=O) groups is 3. The molecule has 1 aliphatic heterocycles. The van der Waals surface area contributed by atoms with Crippen LogP contribution in [0.25, 0.3) is 0 Å². The van der Waals surface area contributed by atoms with E-state index in [1.165, 1.54) is 20.8 Å². The maximum absolute atomic E-state index is 12.5. The number of rotatable bonds is 12. The molecule has 1 aliphatic rings. The van der Waals surface area contributed by atoms with E-state index in [4.69, 9.17) is 25.4 Å². The van der Waals surface area contributed by atoms with Crippen LogP contribution in [0.5, 0.6) is 0 Å². The lowest BCUT2D eigenvalue weighted by atomic mass is 9.60. The Morgan fingerprint density at radius 1 is 0.953 bits per heavy atom. The third kappa shape index (κ3) is 11.3. The van der Waals surface area contributed by atoms with E-state index in [0.717, 1.165) is 20.1 Å². The van der Waals surface area contributed by atoms with Gasteiger partial charge in [0.25, 0.3) is 12.7 Å². The van der Waals surface area contributed by atoms with Crippen molar-refractivity contribution in [1.29, 1.82) is 0 Å². The van der Waals surface area contributed by atoms with Crippen LogP contribution in [0.4, 0.5) is 0 Å². The number of aliphatic hydroxyl groups is 1. The number of aliphatic carboxylic acids is 1. The van der Waals surface area contributed by atoms with Crippen molar-refractivity contribution >= 4 is 56.7 Å². The average Bonchev–Trinajstić information content (AvgIpc) is 2.89. The van der Waals surface area contributed by atoms with Gasteiger partial charge in [-0.15, -0.1) is 0 Å². The van der Waals surface area contributed by atoms with Gasteiger partial charge in [0.1, 0.15) is 0 Å². The van der Waals surface area contributed by atoms with Crippen LogP contribution in [0.1, 0.15) is 51.7 Å². The second kappa shape index (κ2) is 15.7. The number of halogens is 2. The largest absolute Gasteiger partial charge is 0.481 e. The smallest absolute Gasteiger partial charge is 0.326 e. The van der Waals surface area contributed by atoms with Gasteiger partial charge in [0, 0.05) is 28.8 Å². The van der Waals surface area contributed by atoms with Crippen LogP contribution in [-0.2, 0) is 36.7 Å². The molecular weight excluding hydrogens is 685 g/mol. The number of carboxylic acids is 1. The molecule has 3 rings (SSSR count). The first kappa shape index (κ1) is 36.9. The molecular formula is C31H42BBr2NO8. The third-order valence-electron chi connectivity index (χ3n) is 7.38. The average molecular weight is 727 g/mol. The van der Waals surface area contributed by atoms with Gasteiger partial charge in [-0.25, -0.2) is 0 Å². The van der Waals surface area contributed by atoms with Crippen molar-refractivity contribution in [3.8, 4) is 0 Å². The molecule has 1 saturated heterocycles. The zero-order valence-electron chi connectivity index (χ0n) is 25.3. The highest BCUT2D eigenvalue weighted by molar-refractivity contribution is 9.10. The Kier molecular flexibility index (Phi) is 13.5. The molecule has 5 N–H and O–H groups in total. The molecule has 0 spiro atoms. The van der Waals surface area contributed by atoms with Crippen molar-refractivity contribution in [2.75, 3.05) is 6.61 Å². The molecule has 0 aromatic heterocycles. The minimum Gasteiger partial charge on any atom is -0.481 e. The van der Waals surface area contributed by atoms with Gasteiger partial charge in [-0.2, -0.15) is 0 Å². The van der Waals surface area contributed by atoms with E-state index >= 15 is 0 Å². The van der Waals surface area contributed by atoms with Gasteiger partial charge in [-0.1, -0.05) is 62.9 Å². The Bertz CT molecular complexity index is 1220. The second-order valence-electron chi connectivity index (χ2n) is 12.3. The van der Waals surface area contributed by atoms with Crippen LogP contribution < -0.4 is 5.73 Å². The summed E-state index contributed by atoms with van der Waals surface area (Å²) < 4.78 is 12.5. The van der Waals surface area contributed by atoms with E-state index in [2.05, 4.69) is 31.9 Å². The van der Waals surface area contributed by atoms with Crippen LogP contribution in [0.3, 0.4) is 0 Å². The summed E-state index contributed by atoms with van der Waals surface area (Å²) in [7, 11) is 0. The first-order valence-electron chi connectivity index (χ1n) is 14.1. The summed E-state index contributed by atoms with van der Waals surface area (Å²) in [5, 5.41) is 28.1. The zero-order valence-corrected chi connectivity index (χ0v) is 28.5. The molecule has 0 radical (unpaired) electrons. The minimum atomic E-state index is -1.36. The predicted molar refractivity (Wildman–Crippen MR) is 172 cm³/mol. The fraction of sp³-hybridized carbons (Fsp3) is 0.516. The lowest BCUT2D eigenvalue weighted by molar-refractivity contribution is -0.250. The van der Waals surface area contributed by atoms with E-state index in [1.54, 1.807) is 13.7 Å². The maximum atomic E-state index is 12.5. The van der Waals surface area contributed by atoms with Gasteiger partial charge in [0.05, 0.1) is 12.0 Å². The SMILES string of the molecule is CB(O)C[C@H](Cc1ccc(Br)cc1)CC1(C)C(=O)OC(C)(C)OC1=O.C[C@@](CO)(C[C@H](N)Cc1ccc(Br)cc1)C(=O)O. The quantitative estimate of drug-likeness (QED) is 0.130. The second-order valence-corrected chi connectivity index (χ2v) is 14.1. The lowest BCUT2D eigenvalue weighted by Gasteiger charge is -2.39. The lowest BCUT2D eigenvalue weighted by Crippen LogP contribution is -2.53. The highest BCUT2D eigenvalue weighted by atomic mass is 79.9. The molecule has 0 saturated carbocycles. The van der Waals surface area contributed by atoms with Crippen molar-refractivity contribution < 1.29 is 39.1 Å². The molecule has 12 heteroatoms. The van der Waals surface area contributed by atoms with E-state index in [0.29, 0.717) is 19.2 Å². The van der Waals surface area contributed by atoms with Crippen LogP contribution in [0.2, 0.25) is 13.1 Å². The van der Waals surface area contributed by atoms with E-state index in [-0.39, 0.29) is 24.8 Å². The molecule has 0 amide bonds. The Balaban J connectivity index is 0.000000317. The molecule has 0 aliphatic carbocycles. The maximum Gasteiger partial charge on any atom is 0.326 e. The number of carbonyl (C=O) groups excluding carboxylic acids is 2. The fourth-order valence-corrected chi connectivity index (χ4v) is 5.52. The standard InChI is InChI=1S/C18H24BBrO5.C13H18BrNO3/c1-17(2)24-15(21)18(3,16(22)25-17)10-13(11-19(4)23)9-12-5-7-14(20)8-6-12;1-13(8-16,12(17)18)7-11(15)6-9-2-4-10(14)5-3-9/h5-8,13,23H,9-11H2,1-4H3;2-5,11,16H,6-8,15H2,1H3,(H,17,18)/t13-;11-,13+/m11/s1. The summed E-state index contributed by atoms with van der Waals surface area (Å²) in [6.45, 7) is 6.92. The highest BCUT2D eigenvalue weighted by Crippen LogP contribution is 2.39. The van der Waals surface area contributed by atoms with Crippen molar-refractivity contribution in [2.24, 2.45) is 22.5 Å². The van der Waals surface area contributed by atoms with E-state index < -0.39 is 48.0 Å². The van der Waals surface area contributed by atoms with Gasteiger partial charge in [-0.3, -0.25) is 14.4 Å². The molecule has 1 fully saturated rings. The Morgan fingerprint density at radius 2 is 1.40 bits per heavy atom. The number of carboxylic acid groups (broad SMARTS) is 1. The van der Waals surface area contributed by atoms with Gasteiger partial charge in [0.15, 0.2) is 5.41 Å². The van der Waals surface area contributed by atoms with Crippen LogP contribution >= 0.6 is 31.9 Å². The van der Waals surface area contributed by atoms with E-state index in [1.807, 2.05) is 48.5 Å². The van der Waals surface area contributed by atoms with Crippen LogP contribution in [0, 0.1) is 16.7 Å². The topological polar surface area (TPSA) is 156 Å². The van der Waals surface area contributed by atoms with Gasteiger partial charge >= 0.3 is 17.9 Å². The van der Waals surface area contributed by atoms with Gasteiger partial charge in [-0.05, 0) is 87.2 Å². The molecule has 0 unspecified atom stereocenters. The number of esters is 2. The molecule has 1 heterocycles. The molecule has 3 atom stereocenters. The summed E-state index contributed by atoms with van der Waals surface area (Å²) in [6, 6.07) is 15.3. The number of ether oxygens (including phenoxy) is 2. The predicted octanol–water partition coefficient (Wildman–Crippen LogP) is 5.25. The number of cyclic esters (lactones) is 2. The Hall–Kier alpha value is -2.25. The number of aliphatic hydroxyl groups excluding tert-OH is 1. The number of nitrogens with two attached hydrogens (primary N) is 1. The van der Waals surface area contributed by atoms with Crippen molar-refractivity contribution in [3.63, 3.8) is 0 Å². The van der Waals surface area contributed by atoms with E-state index in [9.17, 15) is 19.4 Å². The molecule has 236 valence electrons. The molecule has 0 bridgehead atoms. The summed E-state index contributed by atoms with van der Waals surface area (Å²) in [5.74, 6) is -3.46. The Morgan fingerprint density at radius 3 is 1.79 bits per heavy atom. The fourth-order valence-electron chi connectivity index (χ4n) is 4.99. The number of hydrogen-bond donors (Lipinski definition) is 4. The zero-order chi connectivity index (χ0) is 32.6. The van der Waals surface area contributed by atoms with Crippen LogP contribution in [-0.4, -0.2) is 58.5 Å². The highest BCUT2D eigenvalue weighted by Gasteiger charge is 2.53. The van der Waals surface area contributed by atoms with Crippen LogP contribution in [0.15, 0.2) is 57.5 Å². The molecule has 9 nitrogen and oxygen atoms in total. The normalized spacial score (nSPS) is 18.2. The minimum absolute atomic E-state index is 0.0625. The first-order valence-corrected chi connectivity index (χ1v) is 15.7. The third-order valence-corrected chi connectivity index (χ3v) is 8.43. The Labute approximate surface area is 270 Å². The summed E-state index contributed by atoms with van der Waals surface area (Å²) >= 11 is 6.75. The first-order chi connectivity index (χ1) is 19.9. The molecule has 43 heavy (non-hydrogen) atoms. The molecule has 2 aromatic carbocycles. The van der Waals surface area contributed by atoms with Gasteiger partial charge < -0.3 is 30.4 Å². The number of benzene rings is 2. The van der Waals surface area contributed by atoms with Crippen molar-refractivity contribution in [1.82, 2.24) is 0 Å². The van der Waals surface area contributed by atoms with Crippen molar-refractivity contribution in [3.05, 3.63) is 68.6 Å². The summed E-state index contributed by atoms with van der Waals surface area (Å²) in [4.78, 5) is 36.0. The van der Waals surface area contributed by atoms with Crippen molar-refractivity contribution in [2.45, 2.75) is 78.4 Å². The monoisotopic (exact) mass is 725 g/mol. The molecule has 2 aromatic rings. The summed E-state index contributed by atoms with van der Waals surface area (Å²) in [6.07, 6.45) is 2.24. The van der Waals surface area contributed by atoms with Gasteiger partial charge in [0.2, 0.25) is 0 Å².